The van der Waals surface area contributed by atoms with Crippen LogP contribution in [0.25, 0.3) is 0 Å². The monoisotopic (exact) mass is 330 g/mol. The number of halogens is 2. The van der Waals surface area contributed by atoms with Crippen molar-refractivity contribution in [2.45, 2.75) is 11.8 Å². The van der Waals surface area contributed by atoms with Crippen LogP contribution < -0.4 is 8.92 Å². The summed E-state index contributed by atoms with van der Waals surface area (Å²) in [6.07, 6.45) is 0. The highest BCUT2D eigenvalue weighted by Gasteiger charge is 2.23. The summed E-state index contributed by atoms with van der Waals surface area (Å²) < 4.78 is 48.0. The molecule has 0 heterocycles. The molecule has 21 heavy (non-hydrogen) atoms. The molecule has 0 radical (unpaired) electrons. The summed E-state index contributed by atoms with van der Waals surface area (Å²) in [5.74, 6) is -0.751. The van der Waals surface area contributed by atoms with E-state index in [9.17, 15) is 12.8 Å². The van der Waals surface area contributed by atoms with Crippen molar-refractivity contribution < 1.29 is 21.7 Å². The molecule has 0 aromatic heterocycles. The first kappa shape index (κ1) is 15.6. The van der Waals surface area contributed by atoms with Gasteiger partial charge in [-0.2, -0.15) is 8.42 Å². The lowest BCUT2D eigenvalue weighted by Crippen LogP contribution is -2.12. The van der Waals surface area contributed by atoms with E-state index in [-0.39, 0.29) is 16.5 Å². The quantitative estimate of drug-likeness (QED) is 0.804. The molecular weight excluding hydrogens is 319 g/mol. The van der Waals surface area contributed by atoms with Crippen molar-refractivity contribution in [1.29, 1.82) is 0 Å². The fraction of sp³-hybridized carbons (Fsp3) is 0.143. The number of methoxy groups -OCH3 is 1. The SMILES string of the molecule is COc1cc(C)ccc1OS(=O)(=O)c1ccc(Cl)cc1F. The average Bonchev–Trinajstić information content (AvgIpc) is 2.40. The van der Waals surface area contributed by atoms with Crippen LogP contribution in [0.4, 0.5) is 4.39 Å². The third kappa shape index (κ3) is 3.46. The van der Waals surface area contributed by atoms with Gasteiger partial charge in [-0.05, 0) is 42.8 Å². The van der Waals surface area contributed by atoms with Gasteiger partial charge in [0.25, 0.3) is 0 Å². The Morgan fingerprint density at radius 3 is 2.43 bits per heavy atom. The van der Waals surface area contributed by atoms with E-state index in [4.69, 9.17) is 20.5 Å². The second-order valence-corrected chi connectivity index (χ2v) is 6.22. The Hall–Kier alpha value is -1.79. The van der Waals surface area contributed by atoms with Gasteiger partial charge in [0.1, 0.15) is 10.7 Å². The number of aryl methyl sites for hydroxylation is 1. The molecule has 0 spiro atoms. The van der Waals surface area contributed by atoms with Gasteiger partial charge >= 0.3 is 10.1 Å². The minimum atomic E-state index is -4.32. The molecule has 0 fully saturated rings. The third-order valence-corrected chi connectivity index (χ3v) is 4.19. The lowest BCUT2D eigenvalue weighted by Gasteiger charge is -2.11. The molecule has 2 aromatic rings. The molecule has 0 saturated heterocycles. The maximum absolute atomic E-state index is 13.7. The zero-order valence-electron chi connectivity index (χ0n) is 11.3. The molecular formula is C14H12ClFO4S. The van der Waals surface area contributed by atoms with Gasteiger partial charge in [-0.3, -0.25) is 0 Å². The highest BCUT2D eigenvalue weighted by molar-refractivity contribution is 7.87. The summed E-state index contributed by atoms with van der Waals surface area (Å²) in [6, 6.07) is 7.94. The molecule has 7 heteroatoms. The molecule has 0 bridgehead atoms. The van der Waals surface area contributed by atoms with Crippen molar-refractivity contribution >= 4 is 21.7 Å². The first-order valence-electron chi connectivity index (χ1n) is 5.87. The molecule has 0 aliphatic carbocycles. The fourth-order valence-electron chi connectivity index (χ4n) is 1.68. The second kappa shape index (κ2) is 5.91. The molecule has 0 aliphatic heterocycles. The van der Waals surface area contributed by atoms with Crippen LogP contribution in [0, 0.1) is 12.7 Å². The van der Waals surface area contributed by atoms with Gasteiger partial charge in [0.05, 0.1) is 7.11 Å². The molecule has 0 amide bonds. The van der Waals surface area contributed by atoms with E-state index in [0.29, 0.717) is 0 Å². The first-order chi connectivity index (χ1) is 9.83. The van der Waals surface area contributed by atoms with Crippen LogP contribution in [0.15, 0.2) is 41.3 Å². The van der Waals surface area contributed by atoms with Crippen molar-refractivity contribution in [3.05, 3.63) is 52.8 Å². The summed E-state index contributed by atoms with van der Waals surface area (Å²) in [6.45, 7) is 1.82. The van der Waals surface area contributed by atoms with Crippen LogP contribution in [0.2, 0.25) is 5.02 Å². The number of rotatable bonds is 4. The van der Waals surface area contributed by atoms with Crippen LogP contribution in [-0.4, -0.2) is 15.5 Å². The summed E-state index contributed by atoms with van der Waals surface area (Å²) in [5.41, 5.74) is 0.870. The van der Waals surface area contributed by atoms with Gasteiger partial charge in [-0.1, -0.05) is 17.7 Å². The lowest BCUT2D eigenvalue weighted by molar-refractivity contribution is 0.389. The van der Waals surface area contributed by atoms with E-state index in [1.165, 1.54) is 19.2 Å². The van der Waals surface area contributed by atoms with Crippen molar-refractivity contribution in [3.63, 3.8) is 0 Å². The normalized spacial score (nSPS) is 11.2. The van der Waals surface area contributed by atoms with Gasteiger partial charge in [0.15, 0.2) is 11.5 Å². The van der Waals surface area contributed by atoms with Crippen molar-refractivity contribution in [3.8, 4) is 11.5 Å². The van der Waals surface area contributed by atoms with Crippen LogP contribution in [0.5, 0.6) is 11.5 Å². The Morgan fingerprint density at radius 2 is 1.81 bits per heavy atom. The van der Waals surface area contributed by atoms with Gasteiger partial charge < -0.3 is 8.92 Å². The highest BCUT2D eigenvalue weighted by Crippen LogP contribution is 2.31. The standard InChI is InChI=1S/C14H12ClFO4S/c1-9-3-5-12(13(7-9)19-2)20-21(17,18)14-6-4-10(15)8-11(14)16/h3-8H,1-2H3. The maximum atomic E-state index is 13.7. The second-order valence-electron chi connectivity index (χ2n) is 4.27. The van der Waals surface area contributed by atoms with Gasteiger partial charge in [-0.25, -0.2) is 4.39 Å². The van der Waals surface area contributed by atoms with Gasteiger partial charge in [-0.15, -0.1) is 0 Å². The molecule has 112 valence electrons. The van der Waals surface area contributed by atoms with Crippen molar-refractivity contribution in [1.82, 2.24) is 0 Å². The Kier molecular flexibility index (Phi) is 4.39. The minimum Gasteiger partial charge on any atom is -0.493 e. The zero-order chi connectivity index (χ0) is 15.6. The van der Waals surface area contributed by atoms with Crippen LogP contribution in [0.1, 0.15) is 5.56 Å². The molecule has 0 atom stereocenters. The minimum absolute atomic E-state index is 0.0163. The molecule has 0 aliphatic rings. The average molecular weight is 331 g/mol. The van der Waals surface area contributed by atoms with Gasteiger partial charge in [0, 0.05) is 5.02 Å². The Balaban J connectivity index is 2.42. The summed E-state index contributed by atoms with van der Waals surface area (Å²) in [7, 11) is -2.93. The van der Waals surface area contributed by atoms with E-state index >= 15 is 0 Å². The predicted molar refractivity (Wildman–Crippen MR) is 77.0 cm³/mol. The van der Waals surface area contributed by atoms with Crippen molar-refractivity contribution in [2.24, 2.45) is 0 Å². The smallest absolute Gasteiger partial charge is 0.342 e. The number of hydrogen-bond donors (Lipinski definition) is 0. The maximum Gasteiger partial charge on any atom is 0.342 e. The topological polar surface area (TPSA) is 52.6 Å². The van der Waals surface area contributed by atoms with Crippen LogP contribution in [-0.2, 0) is 10.1 Å². The Labute approximate surface area is 127 Å². The summed E-state index contributed by atoms with van der Waals surface area (Å²) in [5, 5.41) is 0.0966. The Morgan fingerprint density at radius 1 is 1.10 bits per heavy atom. The number of benzene rings is 2. The van der Waals surface area contributed by atoms with E-state index in [1.54, 1.807) is 12.1 Å². The molecule has 2 aromatic carbocycles. The fourth-order valence-corrected chi connectivity index (χ4v) is 2.84. The lowest BCUT2D eigenvalue weighted by atomic mass is 10.2. The summed E-state index contributed by atoms with van der Waals surface area (Å²) >= 11 is 5.60. The van der Waals surface area contributed by atoms with E-state index in [0.717, 1.165) is 17.7 Å². The van der Waals surface area contributed by atoms with E-state index in [2.05, 4.69) is 0 Å². The molecule has 4 nitrogen and oxygen atoms in total. The van der Waals surface area contributed by atoms with Crippen LogP contribution in [0.3, 0.4) is 0 Å². The van der Waals surface area contributed by atoms with E-state index in [1.807, 2.05) is 6.92 Å². The van der Waals surface area contributed by atoms with Gasteiger partial charge in [0.2, 0.25) is 0 Å². The van der Waals surface area contributed by atoms with Crippen molar-refractivity contribution in [2.75, 3.05) is 7.11 Å². The van der Waals surface area contributed by atoms with E-state index < -0.39 is 20.8 Å². The largest absolute Gasteiger partial charge is 0.493 e. The third-order valence-electron chi connectivity index (χ3n) is 2.68. The van der Waals surface area contributed by atoms with Crippen LogP contribution >= 0.6 is 11.6 Å². The highest BCUT2D eigenvalue weighted by atomic mass is 35.5. The molecule has 0 N–H and O–H groups in total. The number of ether oxygens (including phenoxy) is 1. The summed E-state index contributed by atoms with van der Waals surface area (Å²) in [4.78, 5) is -0.588. The molecule has 0 saturated carbocycles. The Bertz CT molecular complexity index is 775. The predicted octanol–water partition coefficient (Wildman–Crippen LogP) is 3.56. The molecule has 0 unspecified atom stereocenters. The number of hydrogen-bond acceptors (Lipinski definition) is 4. The molecule has 2 rings (SSSR count). The first-order valence-corrected chi connectivity index (χ1v) is 7.66. The zero-order valence-corrected chi connectivity index (χ0v) is 12.8.